The van der Waals surface area contributed by atoms with E-state index in [9.17, 15) is 0 Å². The van der Waals surface area contributed by atoms with Gasteiger partial charge in [-0.3, -0.25) is 4.98 Å². The Bertz CT molecular complexity index is 756. The lowest BCUT2D eigenvalue weighted by Gasteiger charge is -2.04. The molecule has 1 N–H and O–H groups in total. The molecule has 3 heteroatoms. The highest BCUT2D eigenvalue weighted by Crippen LogP contribution is 2.19. The van der Waals surface area contributed by atoms with Gasteiger partial charge in [-0.05, 0) is 36.6 Å². The van der Waals surface area contributed by atoms with E-state index in [0.29, 0.717) is 0 Å². The molecule has 0 unspecified atom stereocenters. The maximum absolute atomic E-state index is 4.73. The smallest absolute Gasteiger partial charge is 0.0706 e. The van der Waals surface area contributed by atoms with Gasteiger partial charge in [0.05, 0.1) is 17.8 Å². The third-order valence-corrected chi connectivity index (χ3v) is 3.98. The molecule has 3 nitrogen and oxygen atoms in total. The summed E-state index contributed by atoms with van der Waals surface area (Å²) in [4.78, 5) is 4.73. The first-order chi connectivity index (χ1) is 10.4. The van der Waals surface area contributed by atoms with Crippen LogP contribution in [0.4, 0.5) is 0 Å². The molecule has 0 amide bonds. The highest BCUT2D eigenvalue weighted by atomic mass is 15.0. The van der Waals surface area contributed by atoms with E-state index >= 15 is 0 Å². The monoisotopic (exact) mass is 277 g/mol. The molecule has 0 aliphatic heterocycles. The normalized spacial score (nSPS) is 14.7. The number of pyridine rings is 1. The second kappa shape index (κ2) is 5.34. The number of para-hydroxylation sites is 1. The second-order valence-electron chi connectivity index (χ2n) is 5.84. The van der Waals surface area contributed by atoms with Gasteiger partial charge in [-0.1, -0.05) is 24.3 Å². The van der Waals surface area contributed by atoms with Crippen molar-refractivity contribution >= 4 is 10.9 Å². The molecule has 21 heavy (non-hydrogen) atoms. The van der Waals surface area contributed by atoms with E-state index in [1.807, 2.05) is 6.07 Å². The Hall–Kier alpha value is -2.13. The SMILES string of the molecule is c1ccc2nc(Cn3ccc(CNC4CC4)c3)ccc2c1. The lowest BCUT2D eigenvalue weighted by Crippen LogP contribution is -2.14. The Kier molecular flexibility index (Phi) is 3.20. The van der Waals surface area contributed by atoms with E-state index < -0.39 is 0 Å². The quantitative estimate of drug-likeness (QED) is 0.775. The molecule has 1 aliphatic rings. The fraction of sp³-hybridized carbons (Fsp3) is 0.278. The van der Waals surface area contributed by atoms with Gasteiger partial charge in [0.1, 0.15) is 0 Å². The third-order valence-electron chi connectivity index (χ3n) is 3.98. The first-order valence-electron chi connectivity index (χ1n) is 7.59. The first kappa shape index (κ1) is 12.6. The zero-order valence-electron chi connectivity index (χ0n) is 12.0. The number of fused-ring (bicyclic) bond motifs is 1. The van der Waals surface area contributed by atoms with Gasteiger partial charge in [-0.15, -0.1) is 0 Å². The van der Waals surface area contributed by atoms with Crippen molar-refractivity contribution in [1.82, 2.24) is 14.9 Å². The van der Waals surface area contributed by atoms with Crippen molar-refractivity contribution in [2.24, 2.45) is 0 Å². The van der Waals surface area contributed by atoms with Gasteiger partial charge in [0.25, 0.3) is 0 Å². The number of hydrogen-bond acceptors (Lipinski definition) is 2. The first-order valence-corrected chi connectivity index (χ1v) is 7.59. The molecule has 106 valence electrons. The molecule has 1 aliphatic carbocycles. The van der Waals surface area contributed by atoms with Crippen LogP contribution in [0.3, 0.4) is 0 Å². The molecule has 0 spiro atoms. The summed E-state index contributed by atoms with van der Waals surface area (Å²) in [5, 5.41) is 4.74. The van der Waals surface area contributed by atoms with Crippen LogP contribution in [0.2, 0.25) is 0 Å². The van der Waals surface area contributed by atoms with Crippen molar-refractivity contribution in [3.63, 3.8) is 0 Å². The van der Waals surface area contributed by atoms with Crippen LogP contribution in [0.25, 0.3) is 10.9 Å². The third kappa shape index (κ3) is 2.98. The number of nitrogens with zero attached hydrogens (tertiary/aromatic N) is 2. The number of aromatic nitrogens is 2. The van der Waals surface area contributed by atoms with Crippen LogP contribution in [0, 0.1) is 0 Å². The molecule has 0 saturated heterocycles. The van der Waals surface area contributed by atoms with Crippen LogP contribution in [-0.4, -0.2) is 15.6 Å². The lowest BCUT2D eigenvalue weighted by molar-refractivity contribution is 0.684. The van der Waals surface area contributed by atoms with Gasteiger partial charge in [-0.2, -0.15) is 0 Å². The molecule has 0 radical (unpaired) electrons. The van der Waals surface area contributed by atoms with Crippen molar-refractivity contribution in [2.45, 2.75) is 32.0 Å². The summed E-state index contributed by atoms with van der Waals surface area (Å²) in [6.07, 6.45) is 7.02. The van der Waals surface area contributed by atoms with E-state index in [2.05, 4.69) is 58.7 Å². The van der Waals surface area contributed by atoms with Crippen molar-refractivity contribution in [2.75, 3.05) is 0 Å². The summed E-state index contributed by atoms with van der Waals surface area (Å²) in [6.45, 7) is 1.80. The predicted molar refractivity (Wildman–Crippen MR) is 85.1 cm³/mol. The molecule has 2 heterocycles. The van der Waals surface area contributed by atoms with Gasteiger partial charge >= 0.3 is 0 Å². The fourth-order valence-electron chi connectivity index (χ4n) is 2.63. The van der Waals surface area contributed by atoms with Crippen LogP contribution in [-0.2, 0) is 13.1 Å². The Morgan fingerprint density at radius 3 is 2.90 bits per heavy atom. The molecule has 2 aromatic heterocycles. The predicted octanol–water partition coefficient (Wildman–Crippen LogP) is 3.34. The van der Waals surface area contributed by atoms with Gasteiger partial charge in [0, 0.05) is 30.4 Å². The minimum absolute atomic E-state index is 0.760. The average molecular weight is 277 g/mol. The number of benzene rings is 1. The Labute approximate surface area is 124 Å². The molecular formula is C18H19N3. The lowest BCUT2D eigenvalue weighted by atomic mass is 10.2. The maximum Gasteiger partial charge on any atom is 0.0706 e. The molecule has 0 bridgehead atoms. The summed E-state index contributed by atoms with van der Waals surface area (Å²) in [5.41, 5.74) is 3.52. The summed E-state index contributed by atoms with van der Waals surface area (Å²) in [6, 6.07) is 15.5. The zero-order chi connectivity index (χ0) is 14.1. The number of hydrogen-bond donors (Lipinski definition) is 1. The van der Waals surface area contributed by atoms with Crippen LogP contribution in [0.5, 0.6) is 0 Å². The van der Waals surface area contributed by atoms with Crippen molar-refractivity contribution in [3.8, 4) is 0 Å². The summed E-state index contributed by atoms with van der Waals surface area (Å²) in [7, 11) is 0. The summed E-state index contributed by atoms with van der Waals surface area (Å²) >= 11 is 0. The Morgan fingerprint density at radius 2 is 2.00 bits per heavy atom. The van der Waals surface area contributed by atoms with Gasteiger partial charge in [-0.25, -0.2) is 0 Å². The van der Waals surface area contributed by atoms with E-state index in [1.165, 1.54) is 23.8 Å². The van der Waals surface area contributed by atoms with Crippen molar-refractivity contribution < 1.29 is 0 Å². The molecule has 0 atom stereocenters. The standard InChI is InChI=1S/C18H19N3/c1-2-4-18-15(3-1)5-6-17(20-18)13-21-10-9-14(12-21)11-19-16-7-8-16/h1-6,9-10,12,16,19H,7-8,11,13H2. The van der Waals surface area contributed by atoms with Crippen LogP contribution >= 0.6 is 0 Å². The minimum Gasteiger partial charge on any atom is -0.348 e. The van der Waals surface area contributed by atoms with Crippen LogP contribution in [0.1, 0.15) is 24.1 Å². The largest absolute Gasteiger partial charge is 0.348 e. The zero-order valence-corrected chi connectivity index (χ0v) is 12.0. The highest BCUT2D eigenvalue weighted by Gasteiger charge is 2.19. The Morgan fingerprint density at radius 1 is 1.10 bits per heavy atom. The van der Waals surface area contributed by atoms with Gasteiger partial charge in [0.2, 0.25) is 0 Å². The summed E-state index contributed by atoms with van der Waals surface area (Å²) in [5.74, 6) is 0. The summed E-state index contributed by atoms with van der Waals surface area (Å²) < 4.78 is 2.21. The molecular weight excluding hydrogens is 258 g/mol. The number of rotatable bonds is 5. The highest BCUT2D eigenvalue weighted by molar-refractivity contribution is 5.78. The molecule has 1 saturated carbocycles. The molecule has 1 aromatic carbocycles. The minimum atomic E-state index is 0.760. The van der Waals surface area contributed by atoms with E-state index in [4.69, 9.17) is 4.98 Å². The van der Waals surface area contributed by atoms with Gasteiger partial charge in [0.15, 0.2) is 0 Å². The molecule has 1 fully saturated rings. The maximum atomic E-state index is 4.73. The topological polar surface area (TPSA) is 29.9 Å². The van der Waals surface area contributed by atoms with Crippen LogP contribution in [0.15, 0.2) is 54.9 Å². The second-order valence-corrected chi connectivity index (χ2v) is 5.84. The van der Waals surface area contributed by atoms with Gasteiger partial charge < -0.3 is 9.88 Å². The fourth-order valence-corrected chi connectivity index (χ4v) is 2.63. The molecule has 3 aromatic rings. The van der Waals surface area contributed by atoms with E-state index in [0.717, 1.165) is 30.3 Å². The van der Waals surface area contributed by atoms with Crippen molar-refractivity contribution in [1.29, 1.82) is 0 Å². The molecule has 4 rings (SSSR count). The average Bonchev–Trinajstić information content (AvgIpc) is 3.25. The Balaban J connectivity index is 1.48. The number of nitrogens with one attached hydrogen (secondary N) is 1. The van der Waals surface area contributed by atoms with Crippen LogP contribution < -0.4 is 5.32 Å². The van der Waals surface area contributed by atoms with E-state index in [-0.39, 0.29) is 0 Å². The van der Waals surface area contributed by atoms with Crippen molar-refractivity contribution in [3.05, 3.63) is 66.1 Å². The van der Waals surface area contributed by atoms with E-state index in [1.54, 1.807) is 0 Å².